The molecule has 0 unspecified atom stereocenters. The molecule has 0 aromatic carbocycles. The van der Waals surface area contributed by atoms with Crippen LogP contribution in [0.4, 0.5) is 0 Å². The van der Waals surface area contributed by atoms with E-state index in [1.807, 2.05) is 16.9 Å². The topological polar surface area (TPSA) is 66.4 Å². The Balaban J connectivity index is 3.36. The molecule has 0 fully saturated rings. The first kappa shape index (κ1) is 16.4. The maximum absolute atomic E-state index is 10.3. The smallest absolute Gasteiger partial charge is 0.273 e. The SMILES string of the molecule is CCCCC/C=C\C/C=C\CCNS(=O)(=O)O. The molecule has 0 spiro atoms. The summed E-state index contributed by atoms with van der Waals surface area (Å²) in [6, 6.07) is 0. The molecule has 0 aromatic heterocycles. The van der Waals surface area contributed by atoms with Gasteiger partial charge in [-0.1, -0.05) is 44.1 Å². The van der Waals surface area contributed by atoms with Gasteiger partial charge in [0.25, 0.3) is 0 Å². The summed E-state index contributed by atoms with van der Waals surface area (Å²) in [6.07, 6.45) is 14.5. The fourth-order valence-corrected chi connectivity index (χ4v) is 1.67. The van der Waals surface area contributed by atoms with E-state index in [-0.39, 0.29) is 6.54 Å². The lowest BCUT2D eigenvalue weighted by Gasteiger charge is -1.95. The van der Waals surface area contributed by atoms with Crippen molar-refractivity contribution in [3.05, 3.63) is 24.3 Å². The summed E-state index contributed by atoms with van der Waals surface area (Å²) in [7, 11) is -4.03. The minimum atomic E-state index is -4.03. The summed E-state index contributed by atoms with van der Waals surface area (Å²) < 4.78 is 31.0. The first-order valence-electron chi connectivity index (χ1n) is 6.08. The van der Waals surface area contributed by atoms with Crippen LogP contribution in [0.5, 0.6) is 0 Å². The molecule has 0 aliphatic rings. The Morgan fingerprint density at radius 3 is 2.29 bits per heavy atom. The second-order valence-electron chi connectivity index (χ2n) is 3.83. The quantitative estimate of drug-likeness (QED) is 0.361. The van der Waals surface area contributed by atoms with E-state index in [4.69, 9.17) is 4.55 Å². The second kappa shape index (κ2) is 10.5. The number of nitrogens with one attached hydrogen (secondary N) is 1. The highest BCUT2D eigenvalue weighted by Crippen LogP contribution is 2.00. The maximum Gasteiger partial charge on any atom is 0.333 e. The number of unbranched alkanes of at least 4 members (excludes halogenated alkanes) is 3. The summed E-state index contributed by atoms with van der Waals surface area (Å²) in [5, 5.41) is 0. The van der Waals surface area contributed by atoms with Gasteiger partial charge >= 0.3 is 10.3 Å². The molecular weight excluding hydrogens is 238 g/mol. The second-order valence-corrected chi connectivity index (χ2v) is 5.07. The van der Waals surface area contributed by atoms with Gasteiger partial charge in [0, 0.05) is 6.54 Å². The van der Waals surface area contributed by atoms with E-state index in [1.165, 1.54) is 19.3 Å². The summed E-state index contributed by atoms with van der Waals surface area (Å²) in [5.41, 5.74) is 0. The third kappa shape index (κ3) is 15.4. The minimum Gasteiger partial charge on any atom is -0.273 e. The van der Waals surface area contributed by atoms with Crippen molar-refractivity contribution in [1.29, 1.82) is 0 Å². The largest absolute Gasteiger partial charge is 0.333 e. The molecular formula is C12H23NO3S. The highest BCUT2D eigenvalue weighted by Gasteiger charge is 1.98. The Morgan fingerprint density at radius 2 is 1.71 bits per heavy atom. The zero-order valence-corrected chi connectivity index (χ0v) is 11.2. The standard InChI is InChI=1S/C12H23NO3S/c1-2-3-4-5-6-7-8-9-10-11-12-13-17(14,15)16/h6-7,9-10,13H,2-5,8,11-12H2,1H3,(H,14,15,16)/b7-6-,10-9-. The molecule has 0 atom stereocenters. The third-order valence-corrected chi connectivity index (χ3v) is 2.74. The van der Waals surface area contributed by atoms with Crippen molar-refractivity contribution < 1.29 is 13.0 Å². The molecule has 0 heterocycles. The van der Waals surface area contributed by atoms with Gasteiger partial charge in [-0.05, 0) is 25.7 Å². The highest BCUT2D eigenvalue weighted by molar-refractivity contribution is 7.83. The van der Waals surface area contributed by atoms with Gasteiger partial charge in [0.2, 0.25) is 0 Å². The van der Waals surface area contributed by atoms with Gasteiger partial charge in [-0.25, -0.2) is 0 Å². The van der Waals surface area contributed by atoms with Crippen LogP contribution in [0.25, 0.3) is 0 Å². The van der Waals surface area contributed by atoms with Crippen LogP contribution in [0.3, 0.4) is 0 Å². The fraction of sp³-hybridized carbons (Fsp3) is 0.667. The molecule has 0 aromatic rings. The van der Waals surface area contributed by atoms with E-state index in [1.54, 1.807) is 0 Å². The van der Waals surface area contributed by atoms with Crippen LogP contribution in [-0.2, 0) is 10.3 Å². The monoisotopic (exact) mass is 261 g/mol. The molecule has 17 heavy (non-hydrogen) atoms. The molecule has 0 aliphatic heterocycles. The number of allylic oxidation sites excluding steroid dienone is 3. The number of hydrogen-bond donors (Lipinski definition) is 2. The predicted molar refractivity (Wildman–Crippen MR) is 71.2 cm³/mol. The van der Waals surface area contributed by atoms with Gasteiger partial charge in [0.05, 0.1) is 0 Å². The molecule has 0 rings (SSSR count). The average molecular weight is 261 g/mol. The summed E-state index contributed by atoms with van der Waals surface area (Å²) >= 11 is 0. The molecule has 0 radical (unpaired) electrons. The zero-order chi connectivity index (χ0) is 13.0. The van der Waals surface area contributed by atoms with Crippen LogP contribution in [0.2, 0.25) is 0 Å². The Labute approximate surface area is 105 Å². The van der Waals surface area contributed by atoms with Crippen molar-refractivity contribution in [2.75, 3.05) is 6.54 Å². The van der Waals surface area contributed by atoms with E-state index >= 15 is 0 Å². The van der Waals surface area contributed by atoms with Crippen molar-refractivity contribution in [3.8, 4) is 0 Å². The summed E-state index contributed by atoms with van der Waals surface area (Å²) in [4.78, 5) is 0. The van der Waals surface area contributed by atoms with E-state index in [0.717, 1.165) is 12.8 Å². The van der Waals surface area contributed by atoms with Crippen LogP contribution >= 0.6 is 0 Å². The van der Waals surface area contributed by atoms with Gasteiger partial charge in [-0.2, -0.15) is 13.1 Å². The maximum atomic E-state index is 10.3. The van der Waals surface area contributed by atoms with Gasteiger partial charge in [0.15, 0.2) is 0 Å². The fourth-order valence-electron chi connectivity index (χ4n) is 1.29. The minimum absolute atomic E-state index is 0.232. The lowest BCUT2D eigenvalue weighted by Crippen LogP contribution is -2.23. The Bertz CT molecular complexity index is 321. The van der Waals surface area contributed by atoms with Gasteiger partial charge in [-0.3, -0.25) is 4.55 Å². The van der Waals surface area contributed by atoms with Crippen molar-refractivity contribution in [1.82, 2.24) is 4.72 Å². The molecule has 0 aliphatic carbocycles. The molecule has 5 heteroatoms. The Hall–Kier alpha value is -0.650. The normalized spacial score (nSPS) is 12.8. The lowest BCUT2D eigenvalue weighted by molar-refractivity contribution is 0.468. The molecule has 0 bridgehead atoms. The number of rotatable bonds is 10. The van der Waals surface area contributed by atoms with E-state index in [9.17, 15) is 8.42 Å². The molecule has 100 valence electrons. The first-order valence-corrected chi connectivity index (χ1v) is 7.52. The van der Waals surface area contributed by atoms with E-state index in [2.05, 4.69) is 19.1 Å². The third-order valence-electron chi connectivity index (χ3n) is 2.18. The predicted octanol–water partition coefficient (Wildman–Crippen LogP) is 2.85. The Kier molecular flexibility index (Phi) is 10.1. The Morgan fingerprint density at radius 1 is 1.06 bits per heavy atom. The van der Waals surface area contributed by atoms with Gasteiger partial charge in [-0.15, -0.1) is 0 Å². The first-order chi connectivity index (χ1) is 8.06. The van der Waals surface area contributed by atoms with E-state index in [0.29, 0.717) is 6.42 Å². The molecule has 0 saturated heterocycles. The van der Waals surface area contributed by atoms with Crippen molar-refractivity contribution in [2.45, 2.75) is 45.4 Å². The molecule has 0 amide bonds. The van der Waals surface area contributed by atoms with Crippen LogP contribution in [0.15, 0.2) is 24.3 Å². The molecule has 0 saturated carbocycles. The van der Waals surface area contributed by atoms with Crippen LogP contribution in [0.1, 0.15) is 45.4 Å². The van der Waals surface area contributed by atoms with Gasteiger partial charge in [0.1, 0.15) is 0 Å². The molecule has 4 nitrogen and oxygen atoms in total. The van der Waals surface area contributed by atoms with Crippen molar-refractivity contribution in [3.63, 3.8) is 0 Å². The summed E-state index contributed by atoms with van der Waals surface area (Å²) in [5.74, 6) is 0. The van der Waals surface area contributed by atoms with Crippen LogP contribution < -0.4 is 4.72 Å². The summed E-state index contributed by atoms with van der Waals surface area (Å²) in [6.45, 7) is 2.42. The lowest BCUT2D eigenvalue weighted by atomic mass is 10.2. The zero-order valence-electron chi connectivity index (χ0n) is 10.4. The number of hydrogen-bond acceptors (Lipinski definition) is 2. The highest BCUT2D eigenvalue weighted by atomic mass is 32.2. The average Bonchev–Trinajstić information content (AvgIpc) is 2.24. The van der Waals surface area contributed by atoms with Crippen molar-refractivity contribution in [2.24, 2.45) is 0 Å². The van der Waals surface area contributed by atoms with Crippen LogP contribution in [-0.4, -0.2) is 19.5 Å². The van der Waals surface area contributed by atoms with Crippen LogP contribution in [0, 0.1) is 0 Å². The van der Waals surface area contributed by atoms with E-state index < -0.39 is 10.3 Å². The van der Waals surface area contributed by atoms with Gasteiger partial charge < -0.3 is 0 Å². The van der Waals surface area contributed by atoms with Crippen molar-refractivity contribution >= 4 is 10.3 Å². The molecule has 2 N–H and O–H groups in total.